The number of nitrogens with one attached hydrogen (secondary N) is 1. The monoisotopic (exact) mass is 256 g/mol. The molecular formula is C14H28N2O2. The van der Waals surface area contributed by atoms with Gasteiger partial charge in [-0.25, -0.2) is 0 Å². The first-order chi connectivity index (χ1) is 8.34. The lowest BCUT2D eigenvalue weighted by molar-refractivity contribution is -0.128. The van der Waals surface area contributed by atoms with Gasteiger partial charge < -0.3 is 15.8 Å². The van der Waals surface area contributed by atoms with Crippen molar-refractivity contribution in [2.45, 2.75) is 58.6 Å². The molecule has 106 valence electrons. The summed E-state index contributed by atoms with van der Waals surface area (Å²) in [6.45, 7) is 9.33. The van der Waals surface area contributed by atoms with Gasteiger partial charge in [0.15, 0.2) is 0 Å². The van der Waals surface area contributed by atoms with Crippen LogP contribution in [0.1, 0.15) is 47.0 Å². The van der Waals surface area contributed by atoms with E-state index in [4.69, 9.17) is 10.5 Å². The Hall–Kier alpha value is -0.610. The van der Waals surface area contributed by atoms with Gasteiger partial charge in [0.2, 0.25) is 5.91 Å². The molecule has 1 aliphatic carbocycles. The summed E-state index contributed by atoms with van der Waals surface area (Å²) >= 11 is 0. The molecule has 3 unspecified atom stereocenters. The highest BCUT2D eigenvalue weighted by Gasteiger charge is 2.30. The van der Waals surface area contributed by atoms with Crippen LogP contribution >= 0.6 is 0 Å². The average molecular weight is 256 g/mol. The number of hydrogen-bond donors (Lipinski definition) is 2. The second kappa shape index (κ2) is 6.53. The van der Waals surface area contributed by atoms with Crippen molar-refractivity contribution in [1.82, 2.24) is 5.32 Å². The second-order valence-electron chi connectivity index (χ2n) is 6.18. The van der Waals surface area contributed by atoms with E-state index in [9.17, 15) is 4.79 Å². The quantitative estimate of drug-likeness (QED) is 0.786. The van der Waals surface area contributed by atoms with Crippen molar-refractivity contribution in [2.75, 3.05) is 13.2 Å². The van der Waals surface area contributed by atoms with Crippen molar-refractivity contribution in [3.8, 4) is 0 Å². The lowest BCUT2D eigenvalue weighted by atomic mass is 9.79. The van der Waals surface area contributed by atoms with E-state index in [0.29, 0.717) is 19.1 Å². The summed E-state index contributed by atoms with van der Waals surface area (Å²) in [6, 6.07) is 0.171. The fourth-order valence-electron chi connectivity index (χ4n) is 2.76. The van der Waals surface area contributed by atoms with Gasteiger partial charge in [-0.3, -0.25) is 4.79 Å². The van der Waals surface area contributed by atoms with E-state index in [1.165, 1.54) is 0 Å². The maximum atomic E-state index is 12.1. The first-order valence-corrected chi connectivity index (χ1v) is 7.01. The Labute approximate surface area is 111 Å². The van der Waals surface area contributed by atoms with E-state index in [0.717, 1.165) is 19.3 Å². The van der Waals surface area contributed by atoms with Crippen LogP contribution in [0.25, 0.3) is 0 Å². The molecular weight excluding hydrogens is 228 g/mol. The van der Waals surface area contributed by atoms with Gasteiger partial charge in [0.1, 0.15) is 0 Å². The molecule has 0 aromatic heterocycles. The number of nitrogens with two attached hydrogens (primary N) is 1. The van der Waals surface area contributed by atoms with Gasteiger partial charge in [0.05, 0.1) is 5.60 Å². The fourth-order valence-corrected chi connectivity index (χ4v) is 2.76. The van der Waals surface area contributed by atoms with Gasteiger partial charge in [-0.05, 0) is 46.0 Å². The summed E-state index contributed by atoms with van der Waals surface area (Å²) in [5.41, 5.74) is 5.68. The lowest BCUT2D eigenvalue weighted by Gasteiger charge is -2.31. The van der Waals surface area contributed by atoms with Crippen LogP contribution in [0.5, 0.6) is 0 Å². The van der Waals surface area contributed by atoms with Crippen LogP contribution in [0.4, 0.5) is 0 Å². The number of carbonyl (C=O) groups excluding carboxylic acids is 1. The molecule has 1 amide bonds. The smallest absolute Gasteiger partial charge is 0.223 e. The van der Waals surface area contributed by atoms with Crippen molar-refractivity contribution >= 4 is 5.91 Å². The molecule has 3 N–H and O–H groups in total. The Morgan fingerprint density at radius 3 is 2.61 bits per heavy atom. The molecule has 1 rings (SSSR count). The largest absolute Gasteiger partial charge is 0.374 e. The SMILES string of the molecule is CCOC(C)(C)CNC(=O)C1CC(C)CC(N)C1. The summed E-state index contributed by atoms with van der Waals surface area (Å²) in [7, 11) is 0. The molecule has 1 saturated carbocycles. The Kier molecular flexibility index (Phi) is 5.60. The molecule has 0 radical (unpaired) electrons. The molecule has 1 fully saturated rings. The topological polar surface area (TPSA) is 64.3 Å². The molecule has 4 nitrogen and oxygen atoms in total. The van der Waals surface area contributed by atoms with Gasteiger partial charge in [-0.2, -0.15) is 0 Å². The van der Waals surface area contributed by atoms with Crippen LogP contribution in [0.15, 0.2) is 0 Å². The van der Waals surface area contributed by atoms with Crippen LogP contribution < -0.4 is 11.1 Å². The number of carbonyl (C=O) groups is 1. The van der Waals surface area contributed by atoms with Crippen molar-refractivity contribution in [1.29, 1.82) is 0 Å². The summed E-state index contributed by atoms with van der Waals surface area (Å²) in [6.07, 6.45) is 2.80. The molecule has 0 aliphatic heterocycles. The van der Waals surface area contributed by atoms with Crippen LogP contribution in [0.3, 0.4) is 0 Å². The zero-order valence-corrected chi connectivity index (χ0v) is 12.2. The number of hydrogen-bond acceptors (Lipinski definition) is 3. The minimum absolute atomic E-state index is 0.0705. The predicted molar refractivity (Wildman–Crippen MR) is 73.2 cm³/mol. The zero-order chi connectivity index (χ0) is 13.8. The van der Waals surface area contributed by atoms with Gasteiger partial charge >= 0.3 is 0 Å². The highest BCUT2D eigenvalue weighted by atomic mass is 16.5. The fraction of sp³-hybridized carbons (Fsp3) is 0.929. The minimum Gasteiger partial charge on any atom is -0.374 e. The number of ether oxygens (including phenoxy) is 1. The third-order valence-corrected chi connectivity index (χ3v) is 3.57. The highest BCUT2D eigenvalue weighted by Crippen LogP contribution is 2.28. The normalized spacial score (nSPS) is 29.1. The Bertz CT molecular complexity index is 269. The standard InChI is InChI=1S/C14H28N2O2/c1-5-18-14(3,4)9-16-13(17)11-6-10(2)7-12(15)8-11/h10-12H,5-9,15H2,1-4H3,(H,16,17). The summed E-state index contributed by atoms with van der Waals surface area (Å²) in [5, 5.41) is 3.00. The number of rotatable bonds is 5. The van der Waals surface area contributed by atoms with E-state index in [2.05, 4.69) is 12.2 Å². The van der Waals surface area contributed by atoms with Crippen LogP contribution in [-0.4, -0.2) is 30.7 Å². The van der Waals surface area contributed by atoms with E-state index in [-0.39, 0.29) is 23.5 Å². The van der Waals surface area contributed by atoms with E-state index < -0.39 is 0 Å². The molecule has 0 aromatic carbocycles. The molecule has 4 heteroatoms. The van der Waals surface area contributed by atoms with Crippen LogP contribution in [0, 0.1) is 11.8 Å². The van der Waals surface area contributed by atoms with Gasteiger partial charge in [0.25, 0.3) is 0 Å². The first-order valence-electron chi connectivity index (χ1n) is 7.01. The van der Waals surface area contributed by atoms with Crippen molar-refractivity contribution in [3.63, 3.8) is 0 Å². The molecule has 18 heavy (non-hydrogen) atoms. The third-order valence-electron chi connectivity index (χ3n) is 3.57. The third kappa shape index (κ3) is 4.94. The van der Waals surface area contributed by atoms with Gasteiger partial charge in [0, 0.05) is 25.1 Å². The minimum atomic E-state index is -0.299. The van der Waals surface area contributed by atoms with Crippen LogP contribution in [-0.2, 0) is 9.53 Å². The van der Waals surface area contributed by atoms with E-state index in [1.807, 2.05) is 20.8 Å². The molecule has 0 spiro atoms. The predicted octanol–water partition coefficient (Wildman–Crippen LogP) is 1.68. The second-order valence-corrected chi connectivity index (χ2v) is 6.18. The zero-order valence-electron chi connectivity index (χ0n) is 12.2. The maximum absolute atomic E-state index is 12.1. The Balaban J connectivity index is 2.40. The first kappa shape index (κ1) is 15.4. The van der Waals surface area contributed by atoms with E-state index in [1.54, 1.807) is 0 Å². The molecule has 0 bridgehead atoms. The van der Waals surface area contributed by atoms with Crippen LogP contribution in [0.2, 0.25) is 0 Å². The van der Waals surface area contributed by atoms with Crippen molar-refractivity contribution < 1.29 is 9.53 Å². The summed E-state index contributed by atoms with van der Waals surface area (Å²) in [4.78, 5) is 12.1. The number of amides is 1. The lowest BCUT2D eigenvalue weighted by Crippen LogP contribution is -2.45. The van der Waals surface area contributed by atoms with Gasteiger partial charge in [-0.15, -0.1) is 0 Å². The molecule has 0 heterocycles. The van der Waals surface area contributed by atoms with Crippen molar-refractivity contribution in [2.24, 2.45) is 17.6 Å². The Morgan fingerprint density at radius 1 is 1.39 bits per heavy atom. The maximum Gasteiger partial charge on any atom is 0.223 e. The summed E-state index contributed by atoms with van der Waals surface area (Å²) in [5.74, 6) is 0.746. The molecule has 0 aromatic rings. The van der Waals surface area contributed by atoms with E-state index >= 15 is 0 Å². The molecule has 1 aliphatic rings. The average Bonchev–Trinajstić information content (AvgIpc) is 2.24. The Morgan fingerprint density at radius 2 is 2.06 bits per heavy atom. The molecule has 0 saturated heterocycles. The van der Waals surface area contributed by atoms with Crippen molar-refractivity contribution in [3.05, 3.63) is 0 Å². The highest BCUT2D eigenvalue weighted by molar-refractivity contribution is 5.78. The van der Waals surface area contributed by atoms with Gasteiger partial charge in [-0.1, -0.05) is 6.92 Å². The molecule has 3 atom stereocenters. The summed E-state index contributed by atoms with van der Waals surface area (Å²) < 4.78 is 5.57.